The highest BCUT2D eigenvalue weighted by Gasteiger charge is 2.02. The van der Waals surface area contributed by atoms with Crippen molar-refractivity contribution < 1.29 is 4.79 Å². The van der Waals surface area contributed by atoms with Gasteiger partial charge in [0.15, 0.2) is 5.96 Å². The fraction of sp³-hybridized carbons (Fsp3) is 0.333. The van der Waals surface area contributed by atoms with Crippen LogP contribution in [0.2, 0.25) is 0 Å². The number of rotatable bonds is 7. The summed E-state index contributed by atoms with van der Waals surface area (Å²) in [7, 11) is 1.76. The van der Waals surface area contributed by atoms with Gasteiger partial charge in [-0.15, -0.1) is 0 Å². The van der Waals surface area contributed by atoms with Crippen LogP contribution in [0.25, 0.3) is 0 Å². The second kappa shape index (κ2) is 10.2. The van der Waals surface area contributed by atoms with Gasteiger partial charge in [-0.05, 0) is 36.6 Å². The molecule has 0 aliphatic carbocycles. The average Bonchev–Trinajstić information content (AvgIpc) is 2.65. The van der Waals surface area contributed by atoms with Crippen molar-refractivity contribution in [2.75, 3.05) is 12.4 Å². The van der Waals surface area contributed by atoms with Gasteiger partial charge in [-0.1, -0.05) is 48.9 Å². The molecule has 0 aromatic heterocycles. The average molecular weight is 352 g/mol. The number of carbonyl (C=O) groups excluding carboxylic acids is 1. The second-order valence-electron chi connectivity index (χ2n) is 6.26. The van der Waals surface area contributed by atoms with Gasteiger partial charge in [-0.25, -0.2) is 0 Å². The van der Waals surface area contributed by atoms with Gasteiger partial charge in [0.25, 0.3) is 0 Å². The van der Waals surface area contributed by atoms with Crippen molar-refractivity contribution in [2.24, 2.45) is 4.99 Å². The summed E-state index contributed by atoms with van der Waals surface area (Å²) in [6.07, 6.45) is 1.40. The zero-order valence-electron chi connectivity index (χ0n) is 15.8. The lowest BCUT2D eigenvalue weighted by atomic mass is 10.1. The maximum atomic E-state index is 11.6. The van der Waals surface area contributed by atoms with Gasteiger partial charge >= 0.3 is 0 Å². The molecule has 5 heteroatoms. The summed E-state index contributed by atoms with van der Waals surface area (Å²) in [5.74, 6) is 0.810. The first-order chi connectivity index (χ1) is 12.6. The summed E-state index contributed by atoms with van der Waals surface area (Å²) in [5.41, 5.74) is 4.42. The fourth-order valence-corrected chi connectivity index (χ4v) is 2.45. The molecule has 0 saturated heterocycles. The number of aryl methyl sites for hydroxylation is 1. The van der Waals surface area contributed by atoms with Crippen molar-refractivity contribution in [2.45, 2.75) is 39.8 Å². The molecule has 0 aliphatic heterocycles. The number of anilines is 1. The lowest BCUT2D eigenvalue weighted by molar-refractivity contribution is -0.116. The monoisotopic (exact) mass is 352 g/mol. The van der Waals surface area contributed by atoms with Gasteiger partial charge < -0.3 is 16.0 Å². The molecule has 26 heavy (non-hydrogen) atoms. The van der Waals surface area contributed by atoms with Gasteiger partial charge in [-0.3, -0.25) is 9.79 Å². The van der Waals surface area contributed by atoms with Gasteiger partial charge in [0.2, 0.25) is 5.91 Å². The largest absolute Gasteiger partial charge is 0.352 e. The maximum absolute atomic E-state index is 11.6. The number of amides is 1. The number of aliphatic imine (C=N–C) groups is 1. The van der Waals surface area contributed by atoms with Crippen LogP contribution in [-0.4, -0.2) is 18.9 Å². The van der Waals surface area contributed by atoms with Crippen molar-refractivity contribution in [3.05, 3.63) is 65.2 Å². The van der Waals surface area contributed by atoms with Crippen LogP contribution in [0, 0.1) is 6.92 Å². The first-order valence-electron chi connectivity index (χ1n) is 8.99. The summed E-state index contributed by atoms with van der Waals surface area (Å²) in [5, 5.41) is 9.50. The fourth-order valence-electron chi connectivity index (χ4n) is 2.45. The van der Waals surface area contributed by atoms with Crippen LogP contribution in [0.15, 0.2) is 53.5 Å². The molecular formula is C21H28N4O. The number of nitrogens with one attached hydrogen (secondary N) is 3. The molecule has 2 aromatic rings. The smallest absolute Gasteiger partial charge is 0.224 e. The minimum Gasteiger partial charge on any atom is -0.352 e. The highest BCUT2D eigenvalue weighted by atomic mass is 16.1. The zero-order valence-corrected chi connectivity index (χ0v) is 15.8. The molecule has 0 aliphatic rings. The molecule has 3 N–H and O–H groups in total. The molecule has 138 valence electrons. The molecule has 0 atom stereocenters. The molecule has 1 amide bonds. The van der Waals surface area contributed by atoms with E-state index in [1.807, 2.05) is 31.2 Å². The Morgan fingerprint density at radius 2 is 1.46 bits per heavy atom. The van der Waals surface area contributed by atoms with E-state index in [0.29, 0.717) is 13.0 Å². The molecule has 0 saturated carbocycles. The van der Waals surface area contributed by atoms with Crippen LogP contribution < -0.4 is 16.0 Å². The number of carbonyl (C=O) groups is 1. The molecule has 0 unspecified atom stereocenters. The first-order valence-corrected chi connectivity index (χ1v) is 8.99. The van der Waals surface area contributed by atoms with Gasteiger partial charge in [-0.2, -0.15) is 0 Å². The van der Waals surface area contributed by atoms with E-state index >= 15 is 0 Å². The van der Waals surface area contributed by atoms with E-state index in [4.69, 9.17) is 0 Å². The highest BCUT2D eigenvalue weighted by molar-refractivity contribution is 5.90. The van der Waals surface area contributed by atoms with Crippen molar-refractivity contribution >= 4 is 17.6 Å². The number of hydrogen-bond acceptors (Lipinski definition) is 2. The van der Waals surface area contributed by atoms with E-state index in [9.17, 15) is 4.79 Å². The van der Waals surface area contributed by atoms with Crippen molar-refractivity contribution in [1.82, 2.24) is 10.6 Å². The van der Waals surface area contributed by atoms with Crippen LogP contribution in [-0.2, 0) is 17.9 Å². The van der Waals surface area contributed by atoms with Crippen LogP contribution in [0.1, 0.15) is 36.5 Å². The Kier molecular flexibility index (Phi) is 7.68. The Morgan fingerprint density at radius 3 is 1.96 bits per heavy atom. The topological polar surface area (TPSA) is 65.5 Å². The molecular weight excluding hydrogens is 324 g/mol. The summed E-state index contributed by atoms with van der Waals surface area (Å²) in [6.45, 7) is 5.46. The van der Waals surface area contributed by atoms with E-state index < -0.39 is 0 Å². The molecule has 2 aromatic carbocycles. The van der Waals surface area contributed by atoms with E-state index in [2.05, 4.69) is 52.1 Å². The van der Waals surface area contributed by atoms with Crippen molar-refractivity contribution in [1.29, 1.82) is 0 Å². The Bertz CT molecular complexity index is 721. The third kappa shape index (κ3) is 6.59. The lowest BCUT2D eigenvalue weighted by Gasteiger charge is -2.12. The van der Waals surface area contributed by atoms with Crippen molar-refractivity contribution in [3.8, 4) is 0 Å². The Hall–Kier alpha value is -2.82. The SMILES string of the molecule is CCCC(=O)Nc1ccc(CNC(=NC)NCc2ccc(C)cc2)cc1. The summed E-state index contributed by atoms with van der Waals surface area (Å²) >= 11 is 0. The third-order valence-electron chi connectivity index (χ3n) is 3.98. The molecule has 0 bridgehead atoms. The Balaban J connectivity index is 1.80. The predicted molar refractivity (Wildman–Crippen MR) is 108 cm³/mol. The molecule has 0 heterocycles. The lowest BCUT2D eigenvalue weighted by Crippen LogP contribution is -2.36. The Morgan fingerprint density at radius 1 is 0.923 bits per heavy atom. The van der Waals surface area contributed by atoms with Crippen LogP contribution in [0.5, 0.6) is 0 Å². The molecule has 0 spiro atoms. The second-order valence-corrected chi connectivity index (χ2v) is 6.26. The standard InChI is InChI=1S/C21H28N4O/c1-4-5-20(26)25-19-12-10-18(11-13-19)15-24-21(22-3)23-14-17-8-6-16(2)7-9-17/h6-13H,4-5,14-15H2,1-3H3,(H,25,26)(H2,22,23,24). The maximum Gasteiger partial charge on any atom is 0.224 e. The summed E-state index contributed by atoms with van der Waals surface area (Å²) in [6, 6.07) is 16.3. The highest BCUT2D eigenvalue weighted by Crippen LogP contribution is 2.10. The first kappa shape index (κ1) is 19.5. The number of guanidine groups is 1. The summed E-state index contributed by atoms with van der Waals surface area (Å²) < 4.78 is 0. The van der Waals surface area contributed by atoms with Crippen molar-refractivity contribution in [3.63, 3.8) is 0 Å². The normalized spacial score (nSPS) is 11.1. The van der Waals surface area contributed by atoms with E-state index in [1.165, 1.54) is 11.1 Å². The van der Waals surface area contributed by atoms with E-state index in [1.54, 1.807) is 7.05 Å². The van der Waals surface area contributed by atoms with Crippen LogP contribution in [0.4, 0.5) is 5.69 Å². The minimum atomic E-state index is 0.0547. The van der Waals surface area contributed by atoms with Crippen LogP contribution >= 0.6 is 0 Å². The quantitative estimate of drug-likeness (QED) is 0.527. The number of nitrogens with zero attached hydrogens (tertiary/aromatic N) is 1. The van der Waals surface area contributed by atoms with Crippen LogP contribution in [0.3, 0.4) is 0 Å². The molecule has 2 rings (SSSR count). The van der Waals surface area contributed by atoms with E-state index in [0.717, 1.165) is 30.2 Å². The van der Waals surface area contributed by atoms with Gasteiger partial charge in [0.05, 0.1) is 0 Å². The zero-order chi connectivity index (χ0) is 18.8. The predicted octanol–water partition coefficient (Wildman–Crippen LogP) is 3.60. The molecule has 0 fully saturated rings. The third-order valence-corrected chi connectivity index (χ3v) is 3.98. The number of benzene rings is 2. The number of hydrogen-bond donors (Lipinski definition) is 3. The summed E-state index contributed by atoms with van der Waals surface area (Å²) in [4.78, 5) is 15.9. The van der Waals surface area contributed by atoms with Gasteiger partial charge in [0, 0.05) is 32.2 Å². The Labute approximate surface area is 155 Å². The molecule has 0 radical (unpaired) electrons. The molecule has 5 nitrogen and oxygen atoms in total. The minimum absolute atomic E-state index is 0.0547. The van der Waals surface area contributed by atoms with E-state index in [-0.39, 0.29) is 5.91 Å². The van der Waals surface area contributed by atoms with Gasteiger partial charge in [0.1, 0.15) is 0 Å².